The number of rotatable bonds is 4. The molecule has 0 atom stereocenters. The monoisotopic (exact) mass is 315 g/mol. The Kier molecular flexibility index (Phi) is 5.53. The van der Waals surface area contributed by atoms with Gasteiger partial charge in [0.2, 0.25) is 5.95 Å². The van der Waals surface area contributed by atoms with Crippen LogP contribution >= 0.6 is 15.9 Å². The van der Waals surface area contributed by atoms with Crippen molar-refractivity contribution in [1.29, 1.82) is 0 Å². The predicted molar refractivity (Wildman–Crippen MR) is 74.0 cm³/mol. The highest BCUT2D eigenvalue weighted by Crippen LogP contribution is 2.09. The topological polar surface area (TPSA) is 64.1 Å². The maximum absolute atomic E-state index is 11.5. The number of alkyl halides is 1. The Morgan fingerprint density at radius 1 is 1.39 bits per heavy atom. The predicted octanol–water partition coefficient (Wildman–Crippen LogP) is 3.15. The number of anilines is 1. The molecule has 0 aromatic carbocycles. The van der Waals surface area contributed by atoms with Crippen LogP contribution in [0.15, 0.2) is 12.4 Å². The molecule has 5 nitrogen and oxygen atoms in total. The lowest BCUT2D eigenvalue weighted by Crippen LogP contribution is -2.27. The molecule has 0 aliphatic rings. The molecule has 1 heterocycles. The van der Waals surface area contributed by atoms with Gasteiger partial charge in [0.1, 0.15) is 5.60 Å². The second-order valence-electron chi connectivity index (χ2n) is 4.83. The lowest BCUT2D eigenvalue weighted by Gasteiger charge is -2.19. The fraction of sp³-hybridized carbons (Fsp3) is 0.583. The minimum absolute atomic E-state index is 0.256. The molecule has 0 unspecified atom stereocenters. The lowest BCUT2D eigenvalue weighted by molar-refractivity contribution is 0.0634. The molecule has 0 saturated heterocycles. The van der Waals surface area contributed by atoms with Crippen LogP contribution in [0.25, 0.3) is 0 Å². The molecule has 0 saturated carbocycles. The molecule has 1 amide bonds. The van der Waals surface area contributed by atoms with Crippen molar-refractivity contribution in [3.63, 3.8) is 0 Å². The number of aryl methyl sites for hydroxylation is 1. The van der Waals surface area contributed by atoms with Crippen molar-refractivity contribution in [2.75, 3.05) is 10.6 Å². The number of ether oxygens (including phenoxy) is 1. The second-order valence-corrected chi connectivity index (χ2v) is 5.63. The van der Waals surface area contributed by atoms with Crippen LogP contribution < -0.4 is 5.32 Å². The fourth-order valence-electron chi connectivity index (χ4n) is 1.21. The molecule has 1 rings (SSSR count). The molecular formula is C12H18BrN3O2. The van der Waals surface area contributed by atoms with Crippen molar-refractivity contribution in [1.82, 2.24) is 9.97 Å². The first-order valence-electron chi connectivity index (χ1n) is 5.77. The zero-order valence-electron chi connectivity index (χ0n) is 10.9. The molecule has 6 heteroatoms. The number of hydrogen-bond acceptors (Lipinski definition) is 4. The highest BCUT2D eigenvalue weighted by atomic mass is 79.9. The van der Waals surface area contributed by atoms with Gasteiger partial charge in [0.15, 0.2) is 0 Å². The molecule has 18 heavy (non-hydrogen) atoms. The molecule has 1 aromatic rings. The van der Waals surface area contributed by atoms with Crippen LogP contribution in [-0.4, -0.2) is 27.0 Å². The van der Waals surface area contributed by atoms with Crippen molar-refractivity contribution in [3.05, 3.63) is 18.0 Å². The van der Waals surface area contributed by atoms with E-state index >= 15 is 0 Å². The third-order valence-electron chi connectivity index (χ3n) is 1.92. The first kappa shape index (κ1) is 14.9. The molecule has 0 spiro atoms. The lowest BCUT2D eigenvalue weighted by atomic mass is 10.2. The molecule has 0 fully saturated rings. The van der Waals surface area contributed by atoms with Crippen LogP contribution in [0.1, 0.15) is 32.8 Å². The molecular weight excluding hydrogens is 298 g/mol. The number of halogens is 1. The summed E-state index contributed by atoms with van der Waals surface area (Å²) in [5.41, 5.74) is 0.518. The Hall–Kier alpha value is -1.17. The number of carbonyl (C=O) groups is 1. The summed E-state index contributed by atoms with van der Waals surface area (Å²) in [6.07, 6.45) is 4.82. The Morgan fingerprint density at radius 3 is 2.50 bits per heavy atom. The zero-order valence-corrected chi connectivity index (χ0v) is 12.5. The van der Waals surface area contributed by atoms with E-state index in [2.05, 4.69) is 31.2 Å². The van der Waals surface area contributed by atoms with Crippen molar-refractivity contribution >= 4 is 28.0 Å². The first-order chi connectivity index (χ1) is 8.40. The van der Waals surface area contributed by atoms with Gasteiger partial charge >= 0.3 is 6.09 Å². The Labute approximate surface area is 115 Å². The Bertz CT molecular complexity index is 387. The van der Waals surface area contributed by atoms with Gasteiger partial charge in [-0.1, -0.05) is 15.9 Å². The summed E-state index contributed by atoms with van der Waals surface area (Å²) in [5, 5.41) is 3.44. The highest BCUT2D eigenvalue weighted by Gasteiger charge is 2.16. The number of hydrogen-bond donors (Lipinski definition) is 1. The van der Waals surface area contributed by atoms with Gasteiger partial charge in [-0.2, -0.15) is 0 Å². The van der Waals surface area contributed by atoms with Crippen molar-refractivity contribution < 1.29 is 9.53 Å². The van der Waals surface area contributed by atoms with E-state index in [-0.39, 0.29) is 5.95 Å². The minimum atomic E-state index is -0.546. The summed E-state index contributed by atoms with van der Waals surface area (Å²) in [4.78, 5) is 19.6. The normalized spacial score (nSPS) is 11.1. The number of carbonyl (C=O) groups excluding carboxylic acids is 1. The molecule has 0 bridgehead atoms. The average molecular weight is 316 g/mol. The maximum Gasteiger partial charge on any atom is 0.414 e. The third-order valence-corrected chi connectivity index (χ3v) is 2.48. The van der Waals surface area contributed by atoms with E-state index in [4.69, 9.17) is 4.74 Å². The van der Waals surface area contributed by atoms with Gasteiger partial charge in [0.25, 0.3) is 0 Å². The summed E-state index contributed by atoms with van der Waals surface area (Å²) in [7, 11) is 0. The Balaban J connectivity index is 2.50. The fourth-order valence-corrected chi connectivity index (χ4v) is 1.49. The molecule has 100 valence electrons. The van der Waals surface area contributed by atoms with Crippen LogP contribution in [-0.2, 0) is 11.2 Å². The van der Waals surface area contributed by atoms with Crippen LogP contribution in [0, 0.1) is 0 Å². The van der Waals surface area contributed by atoms with E-state index in [9.17, 15) is 4.79 Å². The van der Waals surface area contributed by atoms with Crippen molar-refractivity contribution in [2.45, 2.75) is 39.2 Å². The van der Waals surface area contributed by atoms with E-state index in [0.717, 1.165) is 23.7 Å². The smallest absolute Gasteiger partial charge is 0.414 e. The van der Waals surface area contributed by atoms with Crippen LogP contribution in [0.3, 0.4) is 0 Å². The van der Waals surface area contributed by atoms with Gasteiger partial charge in [-0.15, -0.1) is 0 Å². The van der Waals surface area contributed by atoms with Gasteiger partial charge in [0, 0.05) is 17.7 Å². The summed E-state index contributed by atoms with van der Waals surface area (Å²) < 4.78 is 5.10. The molecule has 1 N–H and O–H groups in total. The van der Waals surface area contributed by atoms with Gasteiger partial charge in [-0.3, -0.25) is 5.32 Å². The maximum atomic E-state index is 11.5. The van der Waals surface area contributed by atoms with Crippen molar-refractivity contribution in [2.24, 2.45) is 0 Å². The molecule has 0 aliphatic heterocycles. The van der Waals surface area contributed by atoms with Crippen molar-refractivity contribution in [3.8, 4) is 0 Å². The van der Waals surface area contributed by atoms with Gasteiger partial charge in [-0.25, -0.2) is 14.8 Å². The largest absolute Gasteiger partial charge is 0.444 e. The van der Waals surface area contributed by atoms with Crippen LogP contribution in [0.4, 0.5) is 10.7 Å². The van der Waals surface area contributed by atoms with E-state index in [1.54, 1.807) is 33.2 Å². The van der Waals surface area contributed by atoms with Gasteiger partial charge in [-0.05, 0) is 39.2 Å². The van der Waals surface area contributed by atoms with Crippen LogP contribution in [0.2, 0.25) is 0 Å². The number of amides is 1. The quantitative estimate of drug-likeness (QED) is 0.867. The standard InChI is InChI=1S/C12H18BrN3O2/c1-12(2,3)18-11(17)16-10-14-7-9(8-15-10)5-4-6-13/h7-8H,4-6H2,1-3H3,(H,14,15,16,17). The Morgan fingerprint density at radius 2 is 2.00 bits per heavy atom. The molecule has 1 aromatic heterocycles. The summed E-state index contributed by atoms with van der Waals surface area (Å²) in [5.74, 6) is 0.256. The third kappa shape index (κ3) is 5.95. The van der Waals surface area contributed by atoms with Crippen LogP contribution in [0.5, 0.6) is 0 Å². The van der Waals surface area contributed by atoms with Gasteiger partial charge < -0.3 is 4.74 Å². The van der Waals surface area contributed by atoms with E-state index in [1.165, 1.54) is 0 Å². The number of aromatic nitrogens is 2. The summed E-state index contributed by atoms with van der Waals surface area (Å²) in [6, 6.07) is 0. The summed E-state index contributed by atoms with van der Waals surface area (Å²) >= 11 is 3.37. The SMILES string of the molecule is CC(C)(C)OC(=O)Nc1ncc(CCCBr)cn1. The number of nitrogens with zero attached hydrogens (tertiary/aromatic N) is 2. The summed E-state index contributed by atoms with van der Waals surface area (Å²) in [6.45, 7) is 5.41. The van der Waals surface area contributed by atoms with E-state index in [1.807, 2.05) is 0 Å². The first-order valence-corrected chi connectivity index (χ1v) is 6.90. The number of nitrogens with one attached hydrogen (secondary N) is 1. The molecule has 0 radical (unpaired) electrons. The second kappa shape index (κ2) is 6.68. The molecule has 0 aliphatic carbocycles. The van der Waals surface area contributed by atoms with Gasteiger partial charge in [0.05, 0.1) is 0 Å². The zero-order chi connectivity index (χ0) is 13.6. The highest BCUT2D eigenvalue weighted by molar-refractivity contribution is 9.09. The average Bonchev–Trinajstić information content (AvgIpc) is 2.25. The van der Waals surface area contributed by atoms with E-state index in [0.29, 0.717) is 0 Å². The van der Waals surface area contributed by atoms with E-state index < -0.39 is 11.7 Å². The minimum Gasteiger partial charge on any atom is -0.444 e.